The van der Waals surface area contributed by atoms with Gasteiger partial charge in [0.25, 0.3) is 5.91 Å². The predicted molar refractivity (Wildman–Crippen MR) is 54.4 cm³/mol. The summed E-state index contributed by atoms with van der Waals surface area (Å²) in [5, 5.41) is 0. The molecule has 1 saturated heterocycles. The van der Waals surface area contributed by atoms with Gasteiger partial charge in [-0.25, -0.2) is 4.98 Å². The number of likely N-dealkylation sites (tertiary alicyclic amines) is 1. The summed E-state index contributed by atoms with van der Waals surface area (Å²) in [6, 6.07) is 0.227. The Bertz CT molecular complexity index is 353. The van der Waals surface area contributed by atoms with Crippen LogP contribution in [0.4, 0.5) is 0 Å². The first-order valence-corrected chi connectivity index (χ1v) is 5.13. The second-order valence-corrected chi connectivity index (χ2v) is 3.90. The van der Waals surface area contributed by atoms with Crippen molar-refractivity contribution < 1.29 is 9.21 Å². The van der Waals surface area contributed by atoms with Crippen molar-refractivity contribution in [2.45, 2.75) is 25.8 Å². The molecule has 1 fully saturated rings. The van der Waals surface area contributed by atoms with Gasteiger partial charge in [-0.3, -0.25) is 4.79 Å². The highest BCUT2D eigenvalue weighted by Crippen LogP contribution is 2.14. The van der Waals surface area contributed by atoms with Crippen LogP contribution in [0, 0.1) is 6.92 Å². The molecule has 0 unspecified atom stereocenters. The number of carbonyl (C=O) groups is 1. The number of carbonyl (C=O) groups excluding carboxylic acids is 1. The van der Waals surface area contributed by atoms with Crippen molar-refractivity contribution in [2.75, 3.05) is 13.1 Å². The first-order valence-electron chi connectivity index (χ1n) is 5.13. The van der Waals surface area contributed by atoms with Crippen LogP contribution in [-0.4, -0.2) is 34.9 Å². The van der Waals surface area contributed by atoms with E-state index in [1.165, 1.54) is 6.39 Å². The third-order valence-electron chi connectivity index (χ3n) is 2.77. The Hall–Kier alpha value is -1.36. The summed E-state index contributed by atoms with van der Waals surface area (Å²) >= 11 is 0. The lowest BCUT2D eigenvalue weighted by Crippen LogP contribution is -2.42. The van der Waals surface area contributed by atoms with Gasteiger partial charge in [0.15, 0.2) is 6.39 Å². The molecule has 1 amide bonds. The molecule has 1 aliphatic heterocycles. The van der Waals surface area contributed by atoms with Crippen molar-refractivity contribution >= 4 is 5.91 Å². The van der Waals surface area contributed by atoms with Gasteiger partial charge in [0.2, 0.25) is 5.76 Å². The molecule has 0 spiro atoms. The van der Waals surface area contributed by atoms with Crippen LogP contribution in [0.5, 0.6) is 0 Å². The lowest BCUT2D eigenvalue weighted by molar-refractivity contribution is 0.0681. The van der Waals surface area contributed by atoms with Crippen molar-refractivity contribution in [1.82, 2.24) is 9.88 Å². The molecule has 0 bridgehead atoms. The fourth-order valence-corrected chi connectivity index (χ4v) is 1.75. The summed E-state index contributed by atoms with van der Waals surface area (Å²) < 4.78 is 5.07. The summed E-state index contributed by atoms with van der Waals surface area (Å²) in [7, 11) is 0. The van der Waals surface area contributed by atoms with E-state index in [1.54, 1.807) is 11.8 Å². The highest BCUT2D eigenvalue weighted by Gasteiger charge is 2.25. The fraction of sp³-hybridized carbons (Fsp3) is 0.600. The standard InChI is InChI=1S/C10H15N3O2/c1-7-9(15-6-12-7)10(14)13-4-2-8(11)3-5-13/h6,8H,2-5,11H2,1H3. The number of hydrogen-bond donors (Lipinski definition) is 1. The Morgan fingerprint density at radius 3 is 2.80 bits per heavy atom. The maximum absolute atomic E-state index is 11.9. The summed E-state index contributed by atoms with van der Waals surface area (Å²) in [6.45, 7) is 3.19. The summed E-state index contributed by atoms with van der Waals surface area (Å²) in [5.41, 5.74) is 6.42. The van der Waals surface area contributed by atoms with E-state index < -0.39 is 0 Å². The number of aryl methyl sites for hydroxylation is 1. The van der Waals surface area contributed by atoms with E-state index >= 15 is 0 Å². The number of oxazole rings is 1. The molecule has 2 N–H and O–H groups in total. The van der Waals surface area contributed by atoms with Crippen LogP contribution in [0.25, 0.3) is 0 Å². The van der Waals surface area contributed by atoms with Gasteiger partial charge in [0.05, 0.1) is 5.69 Å². The van der Waals surface area contributed by atoms with Gasteiger partial charge < -0.3 is 15.1 Å². The molecule has 0 radical (unpaired) electrons. The number of amides is 1. The molecule has 1 aromatic heterocycles. The zero-order valence-electron chi connectivity index (χ0n) is 8.77. The van der Waals surface area contributed by atoms with E-state index in [0.29, 0.717) is 24.5 Å². The third-order valence-corrected chi connectivity index (χ3v) is 2.77. The van der Waals surface area contributed by atoms with Gasteiger partial charge >= 0.3 is 0 Å². The van der Waals surface area contributed by atoms with Gasteiger partial charge in [-0.05, 0) is 19.8 Å². The zero-order chi connectivity index (χ0) is 10.8. The number of nitrogens with zero attached hydrogens (tertiary/aromatic N) is 2. The maximum Gasteiger partial charge on any atom is 0.291 e. The molecule has 0 aliphatic carbocycles. The second kappa shape index (κ2) is 4.02. The normalized spacial score (nSPS) is 18.1. The van der Waals surface area contributed by atoms with Crippen molar-refractivity contribution in [1.29, 1.82) is 0 Å². The molecular formula is C10H15N3O2. The fourth-order valence-electron chi connectivity index (χ4n) is 1.75. The first-order chi connectivity index (χ1) is 7.18. The highest BCUT2D eigenvalue weighted by molar-refractivity contribution is 5.92. The minimum atomic E-state index is -0.0723. The van der Waals surface area contributed by atoms with E-state index in [9.17, 15) is 4.79 Å². The van der Waals surface area contributed by atoms with Crippen LogP contribution in [0.15, 0.2) is 10.8 Å². The molecule has 15 heavy (non-hydrogen) atoms. The largest absolute Gasteiger partial charge is 0.438 e. The minimum Gasteiger partial charge on any atom is -0.438 e. The van der Waals surface area contributed by atoms with Crippen molar-refractivity contribution in [3.05, 3.63) is 17.8 Å². The predicted octanol–water partition coefficient (Wildman–Crippen LogP) is 0.546. The molecule has 2 rings (SSSR count). The van der Waals surface area contributed by atoms with E-state index in [1.807, 2.05) is 0 Å². The molecule has 2 heterocycles. The van der Waals surface area contributed by atoms with Crippen LogP contribution in [-0.2, 0) is 0 Å². The quantitative estimate of drug-likeness (QED) is 0.733. The van der Waals surface area contributed by atoms with Gasteiger partial charge in [-0.15, -0.1) is 0 Å². The molecule has 0 atom stereocenters. The lowest BCUT2D eigenvalue weighted by atomic mass is 10.1. The molecule has 1 aliphatic rings. The Morgan fingerprint density at radius 2 is 2.27 bits per heavy atom. The number of rotatable bonds is 1. The summed E-state index contributed by atoms with van der Waals surface area (Å²) in [6.07, 6.45) is 3.02. The Morgan fingerprint density at radius 1 is 1.60 bits per heavy atom. The van der Waals surface area contributed by atoms with Crippen molar-refractivity contribution in [3.63, 3.8) is 0 Å². The molecule has 5 heteroatoms. The van der Waals surface area contributed by atoms with E-state index in [4.69, 9.17) is 10.2 Å². The van der Waals surface area contributed by atoms with Crippen LogP contribution in [0.3, 0.4) is 0 Å². The number of piperidine rings is 1. The molecule has 5 nitrogen and oxygen atoms in total. The van der Waals surface area contributed by atoms with Crippen LogP contribution >= 0.6 is 0 Å². The topological polar surface area (TPSA) is 72.4 Å². The maximum atomic E-state index is 11.9. The Kier molecular flexibility index (Phi) is 2.73. The Labute approximate surface area is 88.3 Å². The molecule has 82 valence electrons. The second-order valence-electron chi connectivity index (χ2n) is 3.90. The molecular weight excluding hydrogens is 194 g/mol. The van der Waals surface area contributed by atoms with Crippen molar-refractivity contribution in [2.24, 2.45) is 5.73 Å². The van der Waals surface area contributed by atoms with E-state index in [2.05, 4.69) is 4.98 Å². The van der Waals surface area contributed by atoms with Gasteiger partial charge in [0, 0.05) is 19.1 Å². The molecule has 0 aromatic carbocycles. The van der Waals surface area contributed by atoms with Gasteiger partial charge in [-0.2, -0.15) is 0 Å². The number of nitrogens with two attached hydrogens (primary N) is 1. The number of hydrogen-bond acceptors (Lipinski definition) is 4. The van der Waals surface area contributed by atoms with Gasteiger partial charge in [0.1, 0.15) is 0 Å². The molecule has 1 aromatic rings. The average Bonchev–Trinajstić information content (AvgIpc) is 2.65. The van der Waals surface area contributed by atoms with Crippen molar-refractivity contribution in [3.8, 4) is 0 Å². The SMILES string of the molecule is Cc1ncoc1C(=O)N1CCC(N)CC1. The van der Waals surface area contributed by atoms with Crippen LogP contribution in [0.2, 0.25) is 0 Å². The van der Waals surface area contributed by atoms with Crippen LogP contribution < -0.4 is 5.73 Å². The number of aromatic nitrogens is 1. The zero-order valence-corrected chi connectivity index (χ0v) is 8.77. The van der Waals surface area contributed by atoms with E-state index in [0.717, 1.165) is 12.8 Å². The average molecular weight is 209 g/mol. The van der Waals surface area contributed by atoms with Gasteiger partial charge in [-0.1, -0.05) is 0 Å². The molecule has 0 saturated carbocycles. The van der Waals surface area contributed by atoms with E-state index in [-0.39, 0.29) is 11.9 Å². The highest BCUT2D eigenvalue weighted by atomic mass is 16.3. The Balaban J connectivity index is 2.06. The lowest BCUT2D eigenvalue weighted by Gasteiger charge is -2.29. The minimum absolute atomic E-state index is 0.0723. The smallest absolute Gasteiger partial charge is 0.291 e. The summed E-state index contributed by atoms with van der Waals surface area (Å²) in [5.74, 6) is 0.280. The summed E-state index contributed by atoms with van der Waals surface area (Å²) in [4.78, 5) is 17.6. The monoisotopic (exact) mass is 209 g/mol. The first kappa shape index (κ1) is 10.2. The van der Waals surface area contributed by atoms with Crippen LogP contribution in [0.1, 0.15) is 29.1 Å². The third kappa shape index (κ3) is 2.02.